The molecule has 0 radical (unpaired) electrons. The molecule has 6 aromatic carbocycles. The van der Waals surface area contributed by atoms with Gasteiger partial charge in [0.15, 0.2) is 0 Å². The molecule has 0 saturated carbocycles. The highest BCUT2D eigenvalue weighted by atomic mass is 16.3. The summed E-state index contributed by atoms with van der Waals surface area (Å²) < 4.78 is 6.52. The van der Waals surface area contributed by atoms with Crippen molar-refractivity contribution in [1.29, 1.82) is 0 Å². The van der Waals surface area contributed by atoms with Gasteiger partial charge in [-0.3, -0.25) is 0 Å². The third-order valence-electron chi connectivity index (χ3n) is 9.57. The number of benzene rings is 6. The van der Waals surface area contributed by atoms with Crippen LogP contribution in [0.25, 0.3) is 71.8 Å². The van der Waals surface area contributed by atoms with Crippen LogP contribution in [0.4, 0.5) is 0 Å². The quantitative estimate of drug-likeness (QED) is 0.184. The van der Waals surface area contributed by atoms with Crippen LogP contribution in [0.1, 0.15) is 58.2 Å². The minimum atomic E-state index is -0.0508. The molecule has 0 spiro atoms. The lowest BCUT2D eigenvalue weighted by Crippen LogP contribution is -2.11. The average Bonchev–Trinajstić information content (AvgIpc) is 3.41. The highest BCUT2D eigenvalue weighted by molar-refractivity contribution is 6.17. The van der Waals surface area contributed by atoms with Crippen molar-refractivity contribution in [2.75, 3.05) is 0 Å². The monoisotopic (exact) mass is 598 g/mol. The maximum Gasteiger partial charge on any atom is 0.143 e. The lowest BCUT2D eigenvalue weighted by molar-refractivity contribution is 0.521. The number of hydrogen-bond acceptors (Lipinski definition) is 1. The molecule has 0 atom stereocenters. The van der Waals surface area contributed by atoms with Crippen molar-refractivity contribution in [1.82, 2.24) is 0 Å². The predicted molar refractivity (Wildman–Crippen MR) is 201 cm³/mol. The first kappa shape index (κ1) is 29.8. The van der Waals surface area contributed by atoms with Crippen LogP contribution in [0, 0.1) is 12.3 Å². The summed E-state index contributed by atoms with van der Waals surface area (Å²) >= 11 is 0. The van der Waals surface area contributed by atoms with Gasteiger partial charge in [-0.25, -0.2) is 0 Å². The molecule has 1 heterocycles. The van der Waals surface area contributed by atoms with Crippen molar-refractivity contribution in [2.45, 2.75) is 53.9 Å². The molecule has 1 nitrogen and oxygen atoms in total. The zero-order chi connectivity index (χ0) is 32.4. The lowest BCUT2D eigenvalue weighted by atomic mass is 9.78. The van der Waals surface area contributed by atoms with E-state index in [1.807, 2.05) is 6.08 Å². The van der Waals surface area contributed by atoms with Crippen LogP contribution in [0.2, 0.25) is 0 Å². The Bertz CT molecular complexity index is 2330. The molecule has 0 aliphatic heterocycles. The Labute approximate surface area is 272 Å². The van der Waals surface area contributed by atoms with Crippen molar-refractivity contribution < 1.29 is 4.42 Å². The second-order valence-corrected chi connectivity index (χ2v) is 14.7. The fourth-order valence-electron chi connectivity index (χ4n) is 6.97. The second kappa shape index (κ2) is 10.9. The summed E-state index contributed by atoms with van der Waals surface area (Å²) in [6.45, 7) is 20.2. The largest absolute Gasteiger partial charge is 0.455 e. The molecule has 228 valence electrons. The summed E-state index contributed by atoms with van der Waals surface area (Å²) in [5.74, 6) is 0. The zero-order valence-electron chi connectivity index (χ0n) is 28.1. The van der Waals surface area contributed by atoms with E-state index in [0.717, 1.165) is 27.3 Å². The van der Waals surface area contributed by atoms with E-state index in [0.29, 0.717) is 0 Å². The first-order chi connectivity index (χ1) is 22.0. The Hall–Kier alpha value is -4.88. The number of hydrogen-bond donors (Lipinski definition) is 0. The molecule has 0 saturated heterocycles. The molecule has 0 bridgehead atoms. The minimum absolute atomic E-state index is 0.0128. The van der Waals surface area contributed by atoms with E-state index in [1.165, 1.54) is 60.7 Å². The molecular weight excluding hydrogens is 556 g/mol. The molecular formula is C45H42O. The van der Waals surface area contributed by atoms with Gasteiger partial charge in [0, 0.05) is 16.2 Å². The number of allylic oxidation sites excluding steroid dienone is 2. The Morgan fingerprint density at radius 2 is 1.35 bits per heavy atom. The molecule has 0 N–H and O–H groups in total. The van der Waals surface area contributed by atoms with Crippen LogP contribution in [0.3, 0.4) is 0 Å². The first-order valence-corrected chi connectivity index (χ1v) is 16.3. The third-order valence-corrected chi connectivity index (χ3v) is 9.57. The minimum Gasteiger partial charge on any atom is -0.455 e. The lowest BCUT2D eigenvalue weighted by Gasteiger charge is -2.26. The molecule has 0 unspecified atom stereocenters. The molecule has 0 aliphatic rings. The van der Waals surface area contributed by atoms with E-state index >= 15 is 0 Å². The summed E-state index contributed by atoms with van der Waals surface area (Å²) in [6, 6.07) is 37.6. The van der Waals surface area contributed by atoms with Crippen molar-refractivity contribution in [3.05, 3.63) is 138 Å². The van der Waals surface area contributed by atoms with E-state index < -0.39 is 0 Å². The molecule has 0 amide bonds. The zero-order valence-corrected chi connectivity index (χ0v) is 28.1. The summed E-state index contributed by atoms with van der Waals surface area (Å²) in [7, 11) is 0. The topological polar surface area (TPSA) is 13.1 Å². The SMILES string of the molecule is C=C/C(=C\c1c(C)c(-c2ccc3oc4c5ccccc5ccc4c3c2)c2cc(C(C)(C)C)ccc2c1-c1ccccc1)C(C)(C)C. The summed E-state index contributed by atoms with van der Waals surface area (Å²) in [6.07, 6.45) is 4.40. The van der Waals surface area contributed by atoms with Crippen LogP contribution in [-0.4, -0.2) is 0 Å². The van der Waals surface area contributed by atoms with Crippen molar-refractivity contribution in [2.24, 2.45) is 5.41 Å². The van der Waals surface area contributed by atoms with Gasteiger partial charge in [0.2, 0.25) is 0 Å². The molecule has 0 fully saturated rings. The standard InChI is InChI=1S/C45H42O/c1-9-32(44(3,4)5)26-37-28(2)41(39-27-33(45(6,7)8)21-23-35(39)42(37)30-16-11-10-12-17-30)31-20-24-40-38(25-31)36-22-19-29-15-13-14-18-34(29)43(36)46-40/h9-27H,1H2,2-8H3/b32-26+. The normalized spacial score (nSPS) is 12.9. The van der Waals surface area contributed by atoms with E-state index in [4.69, 9.17) is 4.42 Å². The Balaban J connectivity index is 1.62. The van der Waals surface area contributed by atoms with Crippen LogP contribution < -0.4 is 0 Å². The van der Waals surface area contributed by atoms with Crippen LogP contribution in [0.5, 0.6) is 0 Å². The van der Waals surface area contributed by atoms with E-state index in [-0.39, 0.29) is 10.8 Å². The van der Waals surface area contributed by atoms with Gasteiger partial charge in [-0.05, 0) is 103 Å². The van der Waals surface area contributed by atoms with Crippen LogP contribution >= 0.6 is 0 Å². The molecule has 46 heavy (non-hydrogen) atoms. The third kappa shape index (κ3) is 4.95. The summed E-state index contributed by atoms with van der Waals surface area (Å²) in [5, 5.41) is 7.16. The van der Waals surface area contributed by atoms with Gasteiger partial charge in [-0.1, -0.05) is 139 Å². The number of fused-ring (bicyclic) bond motifs is 6. The summed E-state index contributed by atoms with van der Waals surface area (Å²) in [4.78, 5) is 0. The van der Waals surface area contributed by atoms with E-state index in [2.05, 4.69) is 164 Å². The van der Waals surface area contributed by atoms with Gasteiger partial charge in [-0.2, -0.15) is 0 Å². The maximum atomic E-state index is 6.52. The molecule has 0 aliphatic carbocycles. The van der Waals surface area contributed by atoms with Gasteiger partial charge in [0.05, 0.1) is 0 Å². The number of furan rings is 1. The van der Waals surface area contributed by atoms with E-state index in [1.54, 1.807) is 0 Å². The Morgan fingerprint density at radius 1 is 0.630 bits per heavy atom. The molecule has 1 aromatic heterocycles. The smallest absolute Gasteiger partial charge is 0.143 e. The number of rotatable bonds is 4. The average molecular weight is 599 g/mol. The van der Waals surface area contributed by atoms with Crippen LogP contribution in [-0.2, 0) is 5.41 Å². The summed E-state index contributed by atoms with van der Waals surface area (Å²) in [5.41, 5.74) is 11.8. The first-order valence-electron chi connectivity index (χ1n) is 16.3. The molecule has 7 aromatic rings. The van der Waals surface area contributed by atoms with Gasteiger partial charge >= 0.3 is 0 Å². The molecule has 1 heteroatoms. The molecule has 7 rings (SSSR count). The van der Waals surface area contributed by atoms with Crippen molar-refractivity contribution >= 4 is 49.6 Å². The second-order valence-electron chi connectivity index (χ2n) is 14.7. The highest BCUT2D eigenvalue weighted by Gasteiger charge is 2.24. The van der Waals surface area contributed by atoms with Gasteiger partial charge < -0.3 is 4.42 Å². The highest BCUT2D eigenvalue weighted by Crippen LogP contribution is 2.46. The Kier molecular flexibility index (Phi) is 7.05. The van der Waals surface area contributed by atoms with Crippen molar-refractivity contribution in [3.63, 3.8) is 0 Å². The van der Waals surface area contributed by atoms with Crippen molar-refractivity contribution in [3.8, 4) is 22.3 Å². The fraction of sp³-hybridized carbons (Fsp3) is 0.200. The maximum absolute atomic E-state index is 6.52. The van der Waals surface area contributed by atoms with Crippen LogP contribution in [0.15, 0.2) is 126 Å². The van der Waals surface area contributed by atoms with Gasteiger partial charge in [-0.15, -0.1) is 0 Å². The fourth-order valence-corrected chi connectivity index (χ4v) is 6.97. The Morgan fingerprint density at radius 3 is 2.07 bits per heavy atom. The van der Waals surface area contributed by atoms with Gasteiger partial charge in [0.1, 0.15) is 11.2 Å². The van der Waals surface area contributed by atoms with Gasteiger partial charge in [0.25, 0.3) is 0 Å². The van der Waals surface area contributed by atoms with E-state index in [9.17, 15) is 0 Å². The predicted octanol–water partition coefficient (Wildman–Crippen LogP) is 13.4.